The lowest BCUT2D eigenvalue weighted by Crippen LogP contribution is -2.27. The number of hydrogen-bond acceptors (Lipinski definition) is 2. The first kappa shape index (κ1) is 16.7. The lowest BCUT2D eigenvalue weighted by Gasteiger charge is -2.23. The molecule has 19 heavy (non-hydrogen) atoms. The van der Waals surface area contributed by atoms with Crippen LogP contribution in [0, 0.1) is 5.92 Å². The summed E-state index contributed by atoms with van der Waals surface area (Å²) in [4.78, 5) is 0. The van der Waals surface area contributed by atoms with Crippen LogP contribution in [0.3, 0.4) is 0 Å². The van der Waals surface area contributed by atoms with E-state index in [0.717, 1.165) is 36.3 Å². The SMILES string of the molecule is CCCNC(CC(C)CC)c1c(Br)cnn1CCC. The first-order valence-electron chi connectivity index (χ1n) is 7.58. The minimum absolute atomic E-state index is 0.401. The molecule has 0 aliphatic carbocycles. The Kier molecular flexibility index (Phi) is 7.69. The summed E-state index contributed by atoms with van der Waals surface area (Å²) in [5, 5.41) is 8.18. The topological polar surface area (TPSA) is 29.9 Å². The number of nitrogens with one attached hydrogen (secondary N) is 1. The van der Waals surface area contributed by atoms with Crippen molar-refractivity contribution < 1.29 is 0 Å². The van der Waals surface area contributed by atoms with Gasteiger partial charge in [0.1, 0.15) is 0 Å². The Balaban J connectivity index is 2.91. The van der Waals surface area contributed by atoms with Gasteiger partial charge in [0.15, 0.2) is 0 Å². The summed E-state index contributed by atoms with van der Waals surface area (Å²) in [5.74, 6) is 0.728. The number of rotatable bonds is 9. The van der Waals surface area contributed by atoms with Gasteiger partial charge < -0.3 is 5.32 Å². The second-order valence-corrected chi connectivity index (χ2v) is 6.21. The molecule has 2 atom stereocenters. The first-order valence-corrected chi connectivity index (χ1v) is 8.37. The Morgan fingerprint density at radius 3 is 2.63 bits per heavy atom. The minimum atomic E-state index is 0.401. The van der Waals surface area contributed by atoms with E-state index in [1.165, 1.54) is 18.5 Å². The number of aromatic nitrogens is 2. The number of halogens is 1. The van der Waals surface area contributed by atoms with Gasteiger partial charge in [0.25, 0.3) is 0 Å². The molecular formula is C15H28BrN3. The maximum absolute atomic E-state index is 4.50. The number of nitrogens with zero attached hydrogens (tertiary/aromatic N) is 2. The van der Waals surface area contributed by atoms with Gasteiger partial charge in [-0.3, -0.25) is 4.68 Å². The molecule has 0 amide bonds. The van der Waals surface area contributed by atoms with Gasteiger partial charge in [0.05, 0.1) is 22.4 Å². The number of hydrogen-bond donors (Lipinski definition) is 1. The predicted octanol–water partition coefficient (Wildman–Crippen LogP) is 4.53. The third-order valence-electron chi connectivity index (χ3n) is 3.57. The van der Waals surface area contributed by atoms with E-state index < -0.39 is 0 Å². The Hall–Kier alpha value is -0.350. The molecule has 4 heteroatoms. The van der Waals surface area contributed by atoms with Crippen molar-refractivity contribution in [2.45, 2.75) is 66.0 Å². The fourth-order valence-electron chi connectivity index (χ4n) is 2.29. The molecule has 1 N–H and O–H groups in total. The van der Waals surface area contributed by atoms with E-state index in [9.17, 15) is 0 Å². The summed E-state index contributed by atoms with van der Waals surface area (Å²) in [6.45, 7) is 11.1. The summed E-state index contributed by atoms with van der Waals surface area (Å²) in [7, 11) is 0. The van der Waals surface area contributed by atoms with Crippen molar-refractivity contribution in [1.82, 2.24) is 15.1 Å². The second-order valence-electron chi connectivity index (χ2n) is 5.36. The van der Waals surface area contributed by atoms with Crippen LogP contribution < -0.4 is 5.32 Å². The molecule has 110 valence electrons. The Morgan fingerprint density at radius 2 is 2.05 bits per heavy atom. The molecule has 0 saturated heterocycles. The van der Waals surface area contributed by atoms with Crippen molar-refractivity contribution in [3.8, 4) is 0 Å². The third kappa shape index (κ3) is 4.92. The van der Waals surface area contributed by atoms with Crippen molar-refractivity contribution in [2.75, 3.05) is 6.54 Å². The second kappa shape index (κ2) is 8.75. The van der Waals surface area contributed by atoms with Crippen molar-refractivity contribution >= 4 is 15.9 Å². The molecule has 0 aliphatic rings. The molecule has 0 fully saturated rings. The highest BCUT2D eigenvalue weighted by molar-refractivity contribution is 9.10. The van der Waals surface area contributed by atoms with Gasteiger partial charge >= 0.3 is 0 Å². The summed E-state index contributed by atoms with van der Waals surface area (Å²) >= 11 is 3.67. The Morgan fingerprint density at radius 1 is 1.32 bits per heavy atom. The first-order chi connectivity index (χ1) is 9.13. The van der Waals surface area contributed by atoms with Gasteiger partial charge in [0, 0.05) is 6.54 Å². The summed E-state index contributed by atoms with van der Waals surface area (Å²) < 4.78 is 3.29. The molecule has 2 unspecified atom stereocenters. The van der Waals surface area contributed by atoms with E-state index in [0.29, 0.717) is 6.04 Å². The van der Waals surface area contributed by atoms with Crippen LogP contribution in [0.25, 0.3) is 0 Å². The molecule has 0 aliphatic heterocycles. The van der Waals surface area contributed by atoms with E-state index in [1.807, 2.05) is 6.20 Å². The van der Waals surface area contributed by atoms with Crippen LogP contribution in [0.5, 0.6) is 0 Å². The van der Waals surface area contributed by atoms with Crippen LogP contribution >= 0.6 is 15.9 Å². The van der Waals surface area contributed by atoms with E-state index in [-0.39, 0.29) is 0 Å². The van der Waals surface area contributed by atoms with Crippen molar-refractivity contribution in [2.24, 2.45) is 5.92 Å². The minimum Gasteiger partial charge on any atom is -0.309 e. The standard InChI is InChI=1S/C15H28BrN3/c1-5-8-17-14(10-12(4)7-3)15-13(16)11-18-19(15)9-6-2/h11-12,14,17H,5-10H2,1-4H3. The smallest absolute Gasteiger partial charge is 0.0695 e. The van der Waals surface area contributed by atoms with Crippen LogP contribution in [-0.4, -0.2) is 16.3 Å². The molecule has 0 radical (unpaired) electrons. The molecule has 3 nitrogen and oxygen atoms in total. The number of aryl methyl sites for hydroxylation is 1. The van der Waals surface area contributed by atoms with Gasteiger partial charge in [-0.2, -0.15) is 5.10 Å². The quantitative estimate of drug-likeness (QED) is 0.721. The predicted molar refractivity (Wildman–Crippen MR) is 85.3 cm³/mol. The molecule has 0 bridgehead atoms. The van der Waals surface area contributed by atoms with Crippen molar-refractivity contribution in [1.29, 1.82) is 0 Å². The molecule has 0 saturated carbocycles. The van der Waals surface area contributed by atoms with Gasteiger partial charge in [-0.1, -0.05) is 34.1 Å². The normalized spacial score (nSPS) is 14.6. The molecule has 0 aromatic carbocycles. The van der Waals surface area contributed by atoms with E-state index in [4.69, 9.17) is 0 Å². The summed E-state index contributed by atoms with van der Waals surface area (Å²) in [6, 6.07) is 0.401. The lowest BCUT2D eigenvalue weighted by molar-refractivity contribution is 0.378. The van der Waals surface area contributed by atoms with E-state index in [1.54, 1.807) is 0 Å². The van der Waals surface area contributed by atoms with Gasteiger partial charge in [0.2, 0.25) is 0 Å². The van der Waals surface area contributed by atoms with E-state index >= 15 is 0 Å². The molecule has 1 rings (SSSR count). The lowest BCUT2D eigenvalue weighted by atomic mass is 9.97. The highest BCUT2D eigenvalue weighted by Gasteiger charge is 2.21. The zero-order valence-corrected chi connectivity index (χ0v) is 14.3. The Labute approximate surface area is 126 Å². The molecular weight excluding hydrogens is 302 g/mol. The largest absolute Gasteiger partial charge is 0.309 e. The molecule has 1 heterocycles. The zero-order valence-electron chi connectivity index (χ0n) is 12.7. The fraction of sp³-hybridized carbons (Fsp3) is 0.800. The van der Waals surface area contributed by atoms with Crippen LogP contribution in [0.2, 0.25) is 0 Å². The maximum Gasteiger partial charge on any atom is 0.0695 e. The monoisotopic (exact) mass is 329 g/mol. The summed E-state index contributed by atoms with van der Waals surface area (Å²) in [6.07, 6.45) is 6.61. The zero-order chi connectivity index (χ0) is 14.3. The summed E-state index contributed by atoms with van der Waals surface area (Å²) in [5.41, 5.74) is 1.32. The van der Waals surface area contributed by atoms with Crippen LogP contribution in [0.4, 0.5) is 0 Å². The highest BCUT2D eigenvalue weighted by atomic mass is 79.9. The van der Waals surface area contributed by atoms with Crippen molar-refractivity contribution in [3.63, 3.8) is 0 Å². The average molecular weight is 330 g/mol. The molecule has 0 spiro atoms. The Bertz CT molecular complexity index is 362. The van der Waals surface area contributed by atoms with Gasteiger partial charge in [-0.15, -0.1) is 0 Å². The van der Waals surface area contributed by atoms with Crippen LogP contribution in [0.15, 0.2) is 10.7 Å². The van der Waals surface area contributed by atoms with E-state index in [2.05, 4.69) is 58.7 Å². The van der Waals surface area contributed by atoms with Crippen LogP contribution in [0.1, 0.15) is 65.1 Å². The molecule has 1 aromatic rings. The fourth-order valence-corrected chi connectivity index (χ4v) is 2.86. The van der Waals surface area contributed by atoms with Crippen LogP contribution in [-0.2, 0) is 6.54 Å². The molecule has 1 aromatic heterocycles. The van der Waals surface area contributed by atoms with Crippen molar-refractivity contribution in [3.05, 3.63) is 16.4 Å². The average Bonchev–Trinajstić information content (AvgIpc) is 2.76. The van der Waals surface area contributed by atoms with Gasteiger partial charge in [-0.25, -0.2) is 0 Å². The third-order valence-corrected chi connectivity index (χ3v) is 4.19. The highest BCUT2D eigenvalue weighted by Crippen LogP contribution is 2.29. The maximum atomic E-state index is 4.50. The van der Waals surface area contributed by atoms with Gasteiger partial charge in [-0.05, 0) is 47.7 Å².